The van der Waals surface area contributed by atoms with Gasteiger partial charge in [-0.3, -0.25) is 10.4 Å². The first-order chi connectivity index (χ1) is 8.46. The average Bonchev–Trinajstić information content (AvgIpc) is 2.30. The number of rotatable bonds is 3. The van der Waals surface area contributed by atoms with Crippen LogP contribution in [0.25, 0.3) is 0 Å². The third-order valence-electron chi connectivity index (χ3n) is 3.43. The van der Waals surface area contributed by atoms with Crippen molar-refractivity contribution >= 4 is 5.96 Å². The lowest BCUT2D eigenvalue weighted by Gasteiger charge is -2.36. The minimum atomic E-state index is 0.443. The highest BCUT2D eigenvalue weighted by atomic mass is 15.4. The van der Waals surface area contributed by atoms with Crippen LogP contribution in [0.2, 0.25) is 0 Å². The number of nitrogens with one attached hydrogen (secondary N) is 1. The van der Waals surface area contributed by atoms with E-state index < -0.39 is 0 Å². The quantitative estimate of drug-likeness (QED) is 0.352. The molecule has 1 saturated heterocycles. The molecule has 4 heteroatoms. The van der Waals surface area contributed by atoms with E-state index in [0.717, 1.165) is 37.9 Å². The smallest absolute Gasteiger partial charge is 0.208 e. The number of nitrogens with two attached hydrogens (primary N) is 1. The van der Waals surface area contributed by atoms with Gasteiger partial charge < -0.3 is 4.90 Å². The van der Waals surface area contributed by atoms with Crippen LogP contribution in [0.1, 0.15) is 53.4 Å². The monoisotopic (exact) mass is 254 g/mol. The van der Waals surface area contributed by atoms with Gasteiger partial charge in [-0.2, -0.15) is 0 Å². The molecule has 0 bridgehead atoms. The molecular weight excluding hydrogens is 224 g/mol. The summed E-state index contributed by atoms with van der Waals surface area (Å²) in [6.45, 7) is 12.1. The zero-order valence-corrected chi connectivity index (χ0v) is 12.5. The Morgan fingerprint density at radius 3 is 2.39 bits per heavy atom. The number of likely N-dealkylation sites (tertiary alicyclic amines) is 1. The van der Waals surface area contributed by atoms with Crippen molar-refractivity contribution in [1.29, 1.82) is 0 Å². The molecule has 0 aromatic heterocycles. The van der Waals surface area contributed by atoms with E-state index in [9.17, 15) is 0 Å². The van der Waals surface area contributed by atoms with Crippen LogP contribution in [-0.4, -0.2) is 30.5 Å². The molecule has 1 aliphatic heterocycles. The minimum Gasteiger partial charge on any atom is -0.342 e. The Morgan fingerprint density at radius 2 is 1.94 bits per heavy atom. The van der Waals surface area contributed by atoms with Crippen LogP contribution in [0.5, 0.6) is 0 Å². The molecule has 0 radical (unpaired) electrons. The fraction of sp³-hybridized carbons (Fsp3) is 0.929. The van der Waals surface area contributed by atoms with Crippen LogP contribution < -0.4 is 11.3 Å². The normalized spacial score (nSPS) is 19.2. The summed E-state index contributed by atoms with van der Waals surface area (Å²) in [6.07, 6.45) is 4.89. The van der Waals surface area contributed by atoms with Crippen molar-refractivity contribution in [3.05, 3.63) is 0 Å². The lowest BCUT2D eigenvalue weighted by molar-refractivity contribution is 0.199. The Hall–Kier alpha value is -0.770. The molecule has 0 aliphatic carbocycles. The number of hydrogen-bond acceptors (Lipinski definition) is 2. The van der Waals surface area contributed by atoms with E-state index in [1.54, 1.807) is 0 Å². The van der Waals surface area contributed by atoms with Crippen molar-refractivity contribution in [1.82, 2.24) is 10.3 Å². The van der Waals surface area contributed by atoms with Gasteiger partial charge in [0.25, 0.3) is 0 Å². The average molecular weight is 254 g/mol. The fourth-order valence-corrected chi connectivity index (χ4v) is 2.67. The molecule has 1 heterocycles. The van der Waals surface area contributed by atoms with E-state index in [0.29, 0.717) is 5.41 Å². The van der Waals surface area contributed by atoms with E-state index >= 15 is 0 Å². The summed E-state index contributed by atoms with van der Waals surface area (Å²) in [5.41, 5.74) is 3.19. The summed E-state index contributed by atoms with van der Waals surface area (Å²) in [5.74, 6) is 7.28. The topological polar surface area (TPSA) is 53.6 Å². The van der Waals surface area contributed by atoms with Crippen LogP contribution in [0.15, 0.2) is 4.99 Å². The maximum absolute atomic E-state index is 5.56. The van der Waals surface area contributed by atoms with Crippen LogP contribution in [0.4, 0.5) is 0 Å². The maximum atomic E-state index is 5.56. The number of hydrogen-bond donors (Lipinski definition) is 2. The summed E-state index contributed by atoms with van der Waals surface area (Å²) in [6, 6.07) is 0. The largest absolute Gasteiger partial charge is 0.342 e. The summed E-state index contributed by atoms with van der Waals surface area (Å²) in [4.78, 5) is 6.78. The van der Waals surface area contributed by atoms with Gasteiger partial charge in [0.05, 0.1) is 0 Å². The van der Waals surface area contributed by atoms with Crippen molar-refractivity contribution in [2.24, 2.45) is 22.2 Å². The molecule has 1 aliphatic rings. The summed E-state index contributed by atoms with van der Waals surface area (Å²) < 4.78 is 0. The third kappa shape index (κ3) is 5.25. The second-order valence-corrected chi connectivity index (χ2v) is 6.54. The predicted molar refractivity (Wildman–Crippen MR) is 78.3 cm³/mol. The van der Waals surface area contributed by atoms with E-state index in [1.165, 1.54) is 19.3 Å². The highest BCUT2D eigenvalue weighted by molar-refractivity contribution is 5.79. The number of aliphatic imine (C=N–C) groups is 1. The Balaban J connectivity index is 2.42. The van der Waals surface area contributed by atoms with Gasteiger partial charge in [0.1, 0.15) is 0 Å². The first-order valence-corrected chi connectivity index (χ1v) is 7.22. The van der Waals surface area contributed by atoms with Gasteiger partial charge in [0, 0.05) is 19.6 Å². The van der Waals surface area contributed by atoms with Crippen LogP contribution in [0, 0.1) is 11.3 Å². The van der Waals surface area contributed by atoms with Gasteiger partial charge in [-0.1, -0.05) is 27.7 Å². The van der Waals surface area contributed by atoms with Crippen molar-refractivity contribution < 1.29 is 0 Å². The molecule has 0 spiro atoms. The number of hydrazine groups is 1. The van der Waals surface area contributed by atoms with Gasteiger partial charge in [-0.15, -0.1) is 0 Å². The van der Waals surface area contributed by atoms with Crippen molar-refractivity contribution in [3.8, 4) is 0 Å². The van der Waals surface area contributed by atoms with Crippen molar-refractivity contribution in [3.63, 3.8) is 0 Å². The van der Waals surface area contributed by atoms with Gasteiger partial charge in [0.15, 0.2) is 0 Å². The van der Waals surface area contributed by atoms with Gasteiger partial charge in [0.2, 0.25) is 5.96 Å². The number of piperidine rings is 1. The SMILES string of the molecule is CCCN=C(NN)N1CCC(CC(C)(C)C)CC1. The van der Waals surface area contributed by atoms with Gasteiger partial charge in [-0.05, 0) is 37.0 Å². The first kappa shape index (κ1) is 15.3. The Morgan fingerprint density at radius 1 is 1.33 bits per heavy atom. The van der Waals surface area contributed by atoms with Gasteiger partial charge in [-0.25, -0.2) is 5.84 Å². The maximum Gasteiger partial charge on any atom is 0.208 e. The molecule has 3 N–H and O–H groups in total. The molecule has 0 unspecified atom stereocenters. The minimum absolute atomic E-state index is 0.443. The zero-order chi connectivity index (χ0) is 13.6. The lowest BCUT2D eigenvalue weighted by atomic mass is 9.80. The van der Waals surface area contributed by atoms with Crippen LogP contribution in [-0.2, 0) is 0 Å². The van der Waals surface area contributed by atoms with Crippen LogP contribution >= 0.6 is 0 Å². The molecule has 0 aromatic rings. The van der Waals surface area contributed by atoms with Crippen molar-refractivity contribution in [2.75, 3.05) is 19.6 Å². The second kappa shape index (κ2) is 6.98. The molecule has 1 fully saturated rings. The molecule has 0 aromatic carbocycles. The predicted octanol–water partition coefficient (Wildman–Crippen LogP) is 2.36. The summed E-state index contributed by atoms with van der Waals surface area (Å²) in [7, 11) is 0. The number of nitrogens with zero attached hydrogens (tertiary/aromatic N) is 2. The summed E-state index contributed by atoms with van der Waals surface area (Å²) >= 11 is 0. The van der Waals surface area contributed by atoms with E-state index in [2.05, 4.69) is 43.0 Å². The lowest BCUT2D eigenvalue weighted by Crippen LogP contribution is -2.48. The van der Waals surface area contributed by atoms with Crippen LogP contribution in [0.3, 0.4) is 0 Å². The first-order valence-electron chi connectivity index (χ1n) is 7.22. The highest BCUT2D eigenvalue weighted by Crippen LogP contribution is 2.30. The molecule has 18 heavy (non-hydrogen) atoms. The number of guanidine groups is 1. The van der Waals surface area contributed by atoms with Crippen molar-refractivity contribution in [2.45, 2.75) is 53.4 Å². The second-order valence-electron chi connectivity index (χ2n) is 6.54. The molecule has 0 amide bonds. The molecule has 1 rings (SSSR count). The summed E-state index contributed by atoms with van der Waals surface area (Å²) in [5, 5.41) is 0. The molecule has 106 valence electrons. The Kier molecular flexibility index (Phi) is 5.93. The van der Waals surface area contributed by atoms with E-state index in [-0.39, 0.29) is 0 Å². The zero-order valence-electron chi connectivity index (χ0n) is 12.5. The molecular formula is C14H30N4. The molecule has 4 nitrogen and oxygen atoms in total. The Labute approximate surface area is 112 Å². The van der Waals surface area contributed by atoms with Gasteiger partial charge >= 0.3 is 0 Å². The van der Waals surface area contributed by atoms with E-state index in [1.807, 2.05) is 0 Å². The standard InChI is InChI=1S/C14H30N4/c1-5-8-16-13(17-15)18-9-6-12(7-10-18)11-14(2,3)4/h12H,5-11,15H2,1-4H3,(H,16,17). The van der Waals surface area contributed by atoms with E-state index in [4.69, 9.17) is 5.84 Å². The fourth-order valence-electron chi connectivity index (χ4n) is 2.67. The molecule has 0 saturated carbocycles. The highest BCUT2D eigenvalue weighted by Gasteiger charge is 2.24. The molecule has 0 atom stereocenters. The third-order valence-corrected chi connectivity index (χ3v) is 3.43. The Bertz CT molecular complexity index is 259.